The Labute approximate surface area is 236 Å². The third kappa shape index (κ3) is 6.15. The molecule has 1 aliphatic heterocycles. The van der Waals surface area contributed by atoms with Gasteiger partial charge in [0.1, 0.15) is 23.0 Å². The van der Waals surface area contributed by atoms with Gasteiger partial charge in [-0.05, 0) is 56.0 Å². The highest BCUT2D eigenvalue weighted by atomic mass is 32.2. The fraction of sp³-hybridized carbons (Fsp3) is 0.429. The van der Waals surface area contributed by atoms with E-state index >= 15 is 0 Å². The predicted molar refractivity (Wildman–Crippen MR) is 150 cm³/mol. The smallest absolute Gasteiger partial charge is 0.224 e. The van der Waals surface area contributed by atoms with Gasteiger partial charge in [-0.15, -0.1) is 11.3 Å². The van der Waals surface area contributed by atoms with Crippen molar-refractivity contribution >= 4 is 32.8 Å². The van der Waals surface area contributed by atoms with Crippen LogP contribution in [0.4, 0.5) is 14.5 Å². The fourth-order valence-electron chi connectivity index (χ4n) is 5.29. The third-order valence-corrected chi connectivity index (χ3v) is 10.2. The Balaban J connectivity index is 1.52. The van der Waals surface area contributed by atoms with Crippen molar-refractivity contribution < 1.29 is 22.0 Å². The van der Waals surface area contributed by atoms with E-state index < -0.39 is 33.8 Å². The molecule has 1 saturated carbocycles. The molecule has 12 heteroatoms. The Bertz CT molecular complexity index is 1510. The number of sulfone groups is 1. The van der Waals surface area contributed by atoms with E-state index in [1.165, 1.54) is 17.4 Å². The first-order chi connectivity index (χ1) is 19.1. The van der Waals surface area contributed by atoms with Gasteiger partial charge in [0, 0.05) is 30.6 Å². The molecule has 2 aromatic heterocycles. The Morgan fingerprint density at radius 3 is 2.55 bits per heavy atom. The second kappa shape index (κ2) is 11.6. The summed E-state index contributed by atoms with van der Waals surface area (Å²) in [5.74, 6) is -1.70. The van der Waals surface area contributed by atoms with Crippen molar-refractivity contribution in [3.05, 3.63) is 54.1 Å². The number of thiazole rings is 1. The zero-order chi connectivity index (χ0) is 28.4. The van der Waals surface area contributed by atoms with E-state index in [9.17, 15) is 27.3 Å². The van der Waals surface area contributed by atoms with Gasteiger partial charge in [0.25, 0.3) is 0 Å². The van der Waals surface area contributed by atoms with Crippen molar-refractivity contribution in [1.82, 2.24) is 15.3 Å². The molecule has 1 saturated heterocycles. The molecule has 2 fully saturated rings. The number of benzene rings is 1. The lowest BCUT2D eigenvalue weighted by molar-refractivity contribution is -0.127. The molecule has 4 atom stereocenters. The number of aromatic nitrogens is 2. The molecule has 0 spiro atoms. The second-order valence-electron chi connectivity index (χ2n) is 10.3. The Hall–Kier alpha value is -3.43. The van der Waals surface area contributed by atoms with E-state index in [0.29, 0.717) is 42.3 Å². The lowest BCUT2D eigenvalue weighted by Crippen LogP contribution is -2.41. The van der Waals surface area contributed by atoms with E-state index in [0.717, 1.165) is 22.3 Å². The Morgan fingerprint density at radius 2 is 1.90 bits per heavy atom. The molecule has 0 bridgehead atoms. The first kappa shape index (κ1) is 28.1. The number of anilines is 1. The van der Waals surface area contributed by atoms with Crippen molar-refractivity contribution in [3.8, 4) is 27.2 Å². The number of amides is 1. The first-order valence-electron chi connectivity index (χ1n) is 13.2. The highest BCUT2D eigenvalue weighted by molar-refractivity contribution is 7.91. The maximum absolute atomic E-state index is 14.6. The molecule has 210 valence electrons. The molecule has 3 aromatic rings. The number of nitrogens with zero attached hydrogens (tertiary/aromatic N) is 4. The van der Waals surface area contributed by atoms with E-state index in [2.05, 4.69) is 10.3 Å². The lowest BCUT2D eigenvalue weighted by Gasteiger charge is -2.32. The van der Waals surface area contributed by atoms with E-state index in [-0.39, 0.29) is 29.8 Å². The molecule has 0 radical (unpaired) electrons. The second-order valence-corrected chi connectivity index (χ2v) is 13.6. The molecule has 1 aliphatic carbocycles. The first-order valence-corrected chi connectivity index (χ1v) is 15.8. The zero-order valence-corrected chi connectivity index (χ0v) is 23.5. The monoisotopic (exact) mass is 585 g/mol. The van der Waals surface area contributed by atoms with Gasteiger partial charge in [-0.25, -0.2) is 22.2 Å². The number of nitrogens with one attached hydrogen (secondary N) is 1. The number of carbonyl (C=O) groups excluding carboxylic acids is 1. The molecule has 1 aromatic carbocycles. The van der Waals surface area contributed by atoms with Crippen molar-refractivity contribution in [2.45, 2.75) is 44.3 Å². The van der Waals surface area contributed by atoms with Crippen LogP contribution in [-0.2, 0) is 14.6 Å². The van der Waals surface area contributed by atoms with E-state index in [1.54, 1.807) is 13.0 Å². The van der Waals surface area contributed by atoms with Gasteiger partial charge in [0.2, 0.25) is 5.91 Å². The number of hydrogen-bond donors (Lipinski definition) is 1. The van der Waals surface area contributed by atoms with Gasteiger partial charge in [-0.3, -0.25) is 9.78 Å². The minimum atomic E-state index is -3.00. The van der Waals surface area contributed by atoms with Crippen molar-refractivity contribution in [1.29, 1.82) is 5.26 Å². The van der Waals surface area contributed by atoms with Crippen LogP contribution in [-0.4, -0.2) is 61.1 Å². The normalized spacial score (nSPS) is 23.2. The SMILES string of the molecule is C[C@H](C#N)NC(=O)[C@@H]1C[C@@H](F)CC[C@H]1c1nc(-c2ccc(F)cn2)sc1-c1ccc(N2CCS(=O)(=O)CC2)cc1. The maximum atomic E-state index is 14.6. The van der Waals surface area contributed by atoms with E-state index in [4.69, 9.17) is 4.98 Å². The summed E-state index contributed by atoms with van der Waals surface area (Å²) in [4.78, 5) is 25.1. The average molecular weight is 586 g/mol. The number of rotatable bonds is 6. The lowest BCUT2D eigenvalue weighted by atomic mass is 9.75. The minimum absolute atomic E-state index is 0.0343. The summed E-state index contributed by atoms with van der Waals surface area (Å²) in [5, 5.41) is 12.4. The quantitative estimate of drug-likeness (QED) is 0.453. The van der Waals surface area contributed by atoms with Crippen LogP contribution in [0.2, 0.25) is 0 Å². The van der Waals surface area contributed by atoms with Crippen LogP contribution in [0.3, 0.4) is 0 Å². The minimum Gasteiger partial charge on any atom is -0.369 e. The van der Waals surface area contributed by atoms with Crippen LogP contribution >= 0.6 is 11.3 Å². The van der Waals surface area contributed by atoms with Gasteiger partial charge in [0.15, 0.2) is 9.84 Å². The van der Waals surface area contributed by atoms with Crippen LogP contribution in [0.5, 0.6) is 0 Å². The van der Waals surface area contributed by atoms with Gasteiger partial charge in [-0.1, -0.05) is 12.1 Å². The van der Waals surface area contributed by atoms with Crippen molar-refractivity contribution in [2.75, 3.05) is 29.5 Å². The van der Waals surface area contributed by atoms with Crippen LogP contribution < -0.4 is 10.2 Å². The van der Waals surface area contributed by atoms with Crippen LogP contribution in [0.1, 0.15) is 37.8 Å². The average Bonchev–Trinajstić information content (AvgIpc) is 3.38. The van der Waals surface area contributed by atoms with Gasteiger partial charge in [-0.2, -0.15) is 5.26 Å². The number of carbonyl (C=O) groups is 1. The molecule has 0 unspecified atom stereocenters. The molecule has 5 rings (SSSR count). The fourth-order valence-corrected chi connectivity index (χ4v) is 7.60. The predicted octanol–water partition coefficient (Wildman–Crippen LogP) is 4.50. The number of nitriles is 1. The molecule has 3 heterocycles. The molecular weight excluding hydrogens is 556 g/mol. The summed E-state index contributed by atoms with van der Waals surface area (Å²) < 4.78 is 51.8. The highest BCUT2D eigenvalue weighted by Crippen LogP contribution is 2.46. The number of pyridine rings is 1. The molecule has 1 N–H and O–H groups in total. The van der Waals surface area contributed by atoms with Gasteiger partial charge < -0.3 is 10.2 Å². The molecular formula is C28H29F2N5O3S2. The number of alkyl halides is 1. The summed E-state index contributed by atoms with van der Waals surface area (Å²) in [6.07, 6.45) is 0.731. The summed E-state index contributed by atoms with van der Waals surface area (Å²) in [7, 11) is -3.00. The Morgan fingerprint density at radius 1 is 1.18 bits per heavy atom. The summed E-state index contributed by atoms with van der Waals surface area (Å²) in [5.41, 5.74) is 2.90. The standard InChI is InChI=1S/C28H29F2N5O3S2/c1-17(15-31)33-27(36)23-14-19(29)4-8-22(23)25-26(39-28(34-25)24-9-5-20(30)16-32-24)18-2-6-21(7-3-18)35-10-12-40(37,38)13-11-35/h2-3,5-7,9,16-17,19,22-23H,4,8,10-14H2,1H3,(H,33,36)/t17-,19+,22-,23-/m1/s1. The molecule has 2 aliphatic rings. The summed E-state index contributed by atoms with van der Waals surface area (Å²) in [6, 6.07) is 11.9. The molecule has 40 heavy (non-hydrogen) atoms. The summed E-state index contributed by atoms with van der Waals surface area (Å²) >= 11 is 1.37. The summed E-state index contributed by atoms with van der Waals surface area (Å²) in [6.45, 7) is 2.44. The van der Waals surface area contributed by atoms with Crippen molar-refractivity contribution in [3.63, 3.8) is 0 Å². The largest absolute Gasteiger partial charge is 0.369 e. The van der Waals surface area contributed by atoms with Gasteiger partial charge in [0.05, 0.1) is 40.0 Å². The number of halogens is 2. The van der Waals surface area contributed by atoms with Crippen LogP contribution in [0.25, 0.3) is 21.1 Å². The third-order valence-electron chi connectivity index (χ3n) is 7.47. The van der Waals surface area contributed by atoms with E-state index in [1.807, 2.05) is 35.2 Å². The van der Waals surface area contributed by atoms with Crippen molar-refractivity contribution in [2.24, 2.45) is 5.92 Å². The topological polar surface area (TPSA) is 116 Å². The molecule has 8 nitrogen and oxygen atoms in total. The molecule has 1 amide bonds. The number of hydrogen-bond acceptors (Lipinski definition) is 8. The zero-order valence-electron chi connectivity index (χ0n) is 21.9. The van der Waals surface area contributed by atoms with Crippen LogP contribution in [0, 0.1) is 23.1 Å². The van der Waals surface area contributed by atoms with Gasteiger partial charge >= 0.3 is 0 Å². The maximum Gasteiger partial charge on any atom is 0.224 e. The highest BCUT2D eigenvalue weighted by Gasteiger charge is 2.39. The Kier molecular flexibility index (Phi) is 8.14. The van der Waals surface area contributed by atoms with Crippen LogP contribution in [0.15, 0.2) is 42.6 Å².